The smallest absolute Gasteiger partial charge is 0.407 e. The van der Waals surface area contributed by atoms with Crippen molar-refractivity contribution in [3.8, 4) is 33.8 Å². The number of alkyl carbamates (subject to hydrolysis) is 1. The number of ether oxygens (including phenoxy) is 5. The van der Waals surface area contributed by atoms with Crippen molar-refractivity contribution in [3.05, 3.63) is 107 Å². The molecule has 1 aliphatic carbocycles. The number of nitrogens with zero attached hydrogens (tertiary/aromatic N) is 1. The quantitative estimate of drug-likeness (QED) is 0.0720. The molecule has 4 atom stereocenters. The Kier molecular flexibility index (Phi) is 15.9. The first-order valence-corrected chi connectivity index (χ1v) is 22.4. The Morgan fingerprint density at radius 1 is 0.803 bits per heavy atom. The van der Waals surface area contributed by atoms with Crippen molar-refractivity contribution < 1.29 is 52.5 Å². The van der Waals surface area contributed by atoms with Gasteiger partial charge in [-0.05, 0) is 91.3 Å². The lowest BCUT2D eigenvalue weighted by Crippen LogP contribution is -2.46. The van der Waals surface area contributed by atoms with Gasteiger partial charge in [-0.1, -0.05) is 74.0 Å². The molecule has 4 aromatic carbocycles. The molecule has 2 N–H and O–H groups in total. The van der Waals surface area contributed by atoms with E-state index in [-0.39, 0.29) is 44.8 Å². The Hall–Kier alpha value is -6.70. The van der Waals surface area contributed by atoms with E-state index < -0.39 is 65.1 Å². The zero-order valence-electron chi connectivity index (χ0n) is 39.1. The summed E-state index contributed by atoms with van der Waals surface area (Å²) in [6.45, 7) is 7.25. The van der Waals surface area contributed by atoms with Crippen LogP contribution in [0.3, 0.4) is 0 Å². The highest BCUT2D eigenvalue weighted by atomic mass is 16.6. The monoisotopic (exact) mass is 903 g/mol. The summed E-state index contributed by atoms with van der Waals surface area (Å²) in [5.41, 5.74) is 5.87. The van der Waals surface area contributed by atoms with E-state index in [1.165, 1.54) is 33.3 Å². The van der Waals surface area contributed by atoms with Gasteiger partial charge < -0.3 is 39.2 Å². The van der Waals surface area contributed by atoms with Crippen molar-refractivity contribution in [1.29, 1.82) is 0 Å². The Morgan fingerprint density at radius 2 is 1.42 bits per heavy atom. The number of esters is 2. The predicted octanol–water partition coefficient (Wildman–Crippen LogP) is 7.74. The minimum atomic E-state index is -1.22. The van der Waals surface area contributed by atoms with E-state index in [2.05, 4.69) is 22.8 Å². The summed E-state index contributed by atoms with van der Waals surface area (Å²) < 4.78 is 28.0. The van der Waals surface area contributed by atoms with Crippen LogP contribution in [0.1, 0.15) is 94.0 Å². The topological polar surface area (TPSA) is 176 Å². The molecule has 0 spiro atoms. The molecule has 4 bridgehead atoms. The van der Waals surface area contributed by atoms with Gasteiger partial charge in [-0.2, -0.15) is 0 Å². The number of benzene rings is 4. The summed E-state index contributed by atoms with van der Waals surface area (Å²) in [6.07, 6.45) is 0.123. The van der Waals surface area contributed by atoms with E-state index in [9.17, 15) is 28.8 Å². The second-order valence-electron chi connectivity index (χ2n) is 17.9. The number of Topliss-reactive ketones (excluding diaryl/α,β-unsaturated/α-hetero) is 1. The second-order valence-corrected chi connectivity index (χ2v) is 17.9. The third-order valence-corrected chi connectivity index (χ3v) is 12.1. The van der Waals surface area contributed by atoms with E-state index in [1.807, 2.05) is 42.5 Å². The summed E-state index contributed by atoms with van der Waals surface area (Å²) in [5, 5.41) is 5.52. The van der Waals surface area contributed by atoms with Gasteiger partial charge in [0.2, 0.25) is 11.8 Å². The molecule has 14 nitrogen and oxygen atoms in total. The second kappa shape index (κ2) is 21.5. The highest BCUT2D eigenvalue weighted by Gasteiger charge is 2.37. The molecule has 0 unspecified atom stereocenters. The molecule has 2 aliphatic rings. The van der Waals surface area contributed by atoms with Crippen molar-refractivity contribution in [2.45, 2.75) is 89.8 Å². The number of carbonyl (C=O) groups is 6. The lowest BCUT2D eigenvalue weighted by Gasteiger charge is -2.32. The zero-order chi connectivity index (χ0) is 47.7. The van der Waals surface area contributed by atoms with Gasteiger partial charge in [0.05, 0.1) is 27.8 Å². The van der Waals surface area contributed by atoms with Crippen molar-refractivity contribution in [2.75, 3.05) is 41.5 Å². The molecule has 0 fully saturated rings. The van der Waals surface area contributed by atoms with Crippen LogP contribution in [0.25, 0.3) is 22.3 Å². The van der Waals surface area contributed by atoms with E-state index in [4.69, 9.17) is 23.7 Å². The minimum Gasteiger partial charge on any atom is -0.496 e. The Balaban J connectivity index is 1.32. The van der Waals surface area contributed by atoms with Gasteiger partial charge in [-0.3, -0.25) is 19.2 Å². The SMILES string of the molecule is COC(=O)[C@@H]1Cc2ccc(OC)c(c2)-c2cc(ccc2OC)[C@H](N(C)C(=O)[C@H](CCCCNC(=O)OC(C)(C)C)CC(=O)OCC2c3ccccc3-c3ccccc32)C(=O)C[C@@H](C)C(=O)N1. The molecule has 14 heteroatoms. The van der Waals surface area contributed by atoms with E-state index in [1.54, 1.807) is 58.0 Å². The van der Waals surface area contributed by atoms with Gasteiger partial charge in [0.15, 0.2) is 5.78 Å². The maximum atomic E-state index is 15.0. The minimum absolute atomic E-state index is 0.0700. The fourth-order valence-electron chi connectivity index (χ4n) is 8.84. The normalized spacial score (nSPS) is 17.5. The molecule has 1 aliphatic heterocycles. The number of nitrogens with one attached hydrogen (secondary N) is 2. The maximum Gasteiger partial charge on any atom is 0.407 e. The van der Waals surface area contributed by atoms with Crippen LogP contribution in [0.5, 0.6) is 11.5 Å². The lowest BCUT2D eigenvalue weighted by atomic mass is 9.88. The van der Waals surface area contributed by atoms with Gasteiger partial charge in [0, 0.05) is 55.3 Å². The van der Waals surface area contributed by atoms with Crippen molar-refractivity contribution in [3.63, 3.8) is 0 Å². The van der Waals surface area contributed by atoms with E-state index >= 15 is 0 Å². The summed E-state index contributed by atoms with van der Waals surface area (Å²) in [7, 11) is 5.80. The fourth-order valence-corrected chi connectivity index (χ4v) is 8.84. The number of likely N-dealkylation sites (N-methyl/N-ethyl adjacent to an activating group) is 1. The number of unbranched alkanes of at least 4 members (excludes halogenated alkanes) is 1. The first kappa shape index (κ1) is 48.7. The van der Waals surface area contributed by atoms with Gasteiger partial charge in [-0.25, -0.2) is 9.59 Å². The third-order valence-electron chi connectivity index (χ3n) is 12.1. The summed E-state index contributed by atoms with van der Waals surface area (Å²) in [4.78, 5) is 84.0. The molecule has 4 aromatic rings. The third kappa shape index (κ3) is 11.6. The van der Waals surface area contributed by atoms with Gasteiger partial charge in [0.25, 0.3) is 0 Å². The number of ketones is 1. The molecule has 0 saturated heterocycles. The average molecular weight is 904 g/mol. The molecule has 0 aromatic heterocycles. The molecule has 350 valence electrons. The van der Waals surface area contributed by atoms with Crippen LogP contribution in [0.4, 0.5) is 4.79 Å². The lowest BCUT2D eigenvalue weighted by molar-refractivity contribution is -0.150. The van der Waals surface area contributed by atoms with Crippen LogP contribution in [-0.4, -0.2) is 93.7 Å². The standard InChI is InChI=1S/C52H61N3O11/c1-31-25-43(56)47(33-21-23-45(63-7)40(28-33)39-26-32(20-22-44(39)62-6)27-42(50(60)64-8)54-48(31)58)55(5)49(59)34(15-13-14-24-53-51(61)66-52(2,3)4)29-46(57)65-30-41-37-18-11-9-16-35(37)36-17-10-12-19-38(36)41/h9-12,16-23,26,28,31,34,41-42,47H,13-15,24-25,27,29-30H2,1-8H3,(H,53,61)(H,54,58)/t31-,34-,42+,47+/m1/s1. The number of methoxy groups -OCH3 is 3. The number of rotatable bonds is 14. The van der Waals surface area contributed by atoms with Crippen LogP contribution >= 0.6 is 0 Å². The van der Waals surface area contributed by atoms with Crippen LogP contribution in [-0.2, 0) is 44.6 Å². The van der Waals surface area contributed by atoms with Crippen molar-refractivity contribution in [1.82, 2.24) is 15.5 Å². The molecular formula is C52H61N3O11. The molecule has 0 saturated carbocycles. The van der Waals surface area contributed by atoms with Crippen LogP contribution < -0.4 is 20.1 Å². The number of carbonyl (C=O) groups excluding carboxylic acids is 6. The van der Waals surface area contributed by atoms with Gasteiger partial charge >= 0.3 is 18.0 Å². The zero-order valence-corrected chi connectivity index (χ0v) is 39.1. The first-order chi connectivity index (χ1) is 31.5. The van der Waals surface area contributed by atoms with Gasteiger partial charge in [-0.15, -0.1) is 0 Å². The molecule has 3 amide bonds. The van der Waals surface area contributed by atoms with Crippen LogP contribution in [0, 0.1) is 11.8 Å². The van der Waals surface area contributed by atoms with Gasteiger partial charge in [0.1, 0.15) is 35.8 Å². The number of hydrogen-bond donors (Lipinski definition) is 2. The number of fused-ring (bicyclic) bond motifs is 8. The summed E-state index contributed by atoms with van der Waals surface area (Å²) >= 11 is 0. The summed E-state index contributed by atoms with van der Waals surface area (Å²) in [6, 6.07) is 24.3. The number of amides is 3. The summed E-state index contributed by atoms with van der Waals surface area (Å²) in [5.74, 6) is -3.78. The molecular weight excluding hydrogens is 843 g/mol. The highest BCUT2D eigenvalue weighted by molar-refractivity contribution is 5.95. The molecule has 1 heterocycles. The fraction of sp³-hybridized carbons (Fsp3) is 0.423. The van der Waals surface area contributed by atoms with E-state index in [0.717, 1.165) is 22.3 Å². The highest BCUT2D eigenvalue weighted by Crippen LogP contribution is 2.45. The van der Waals surface area contributed by atoms with Crippen molar-refractivity contribution >= 4 is 35.6 Å². The molecule has 66 heavy (non-hydrogen) atoms. The molecule has 6 rings (SSSR count). The Bertz CT molecular complexity index is 2400. The Morgan fingerprint density at radius 3 is 2.05 bits per heavy atom. The maximum absolute atomic E-state index is 15.0. The largest absolute Gasteiger partial charge is 0.496 e. The molecule has 0 radical (unpaired) electrons. The average Bonchev–Trinajstić information content (AvgIpc) is 3.61. The predicted molar refractivity (Wildman–Crippen MR) is 248 cm³/mol. The van der Waals surface area contributed by atoms with E-state index in [0.29, 0.717) is 46.6 Å². The van der Waals surface area contributed by atoms with Crippen LogP contribution in [0.15, 0.2) is 84.9 Å². The van der Waals surface area contributed by atoms with Crippen molar-refractivity contribution in [2.24, 2.45) is 11.8 Å². The Labute approximate surface area is 386 Å². The first-order valence-electron chi connectivity index (χ1n) is 22.4. The van der Waals surface area contributed by atoms with Crippen LogP contribution in [0.2, 0.25) is 0 Å². The number of hydrogen-bond acceptors (Lipinski definition) is 11.